The molecule has 0 radical (unpaired) electrons. The number of hydrogen-bond acceptors (Lipinski definition) is 7. The molecular weight excluding hydrogens is 504 g/mol. The molecule has 2 aromatic heterocycles. The minimum atomic E-state index is -0.719. The van der Waals surface area contributed by atoms with Crippen molar-refractivity contribution in [3.05, 3.63) is 53.2 Å². The highest BCUT2D eigenvalue weighted by molar-refractivity contribution is 5.92. The van der Waals surface area contributed by atoms with Crippen LogP contribution in [0.4, 0.5) is 5.69 Å². The number of pyridine rings is 2. The quantitative estimate of drug-likeness (QED) is 0.312. The summed E-state index contributed by atoms with van der Waals surface area (Å²) in [5.41, 5.74) is 7.73. The van der Waals surface area contributed by atoms with Gasteiger partial charge in [0.1, 0.15) is 11.6 Å². The van der Waals surface area contributed by atoms with Gasteiger partial charge in [-0.3, -0.25) is 29.6 Å². The van der Waals surface area contributed by atoms with Gasteiger partial charge in [0.15, 0.2) is 0 Å². The summed E-state index contributed by atoms with van der Waals surface area (Å²) in [6.07, 6.45) is 8.87. The van der Waals surface area contributed by atoms with E-state index in [1.165, 1.54) is 30.6 Å². The maximum atomic E-state index is 12.5. The number of carbonyl (C=O) groups is 3. The summed E-state index contributed by atoms with van der Waals surface area (Å²) in [6, 6.07) is 10.1. The first-order valence-corrected chi connectivity index (χ1v) is 14.3. The SMILES string of the molecule is CCCC(C(=O)NC=O)N(C=O)Cc1cc(-c2cc(CN3CCCC3)c3nccc(NC4CC4)c3n2)ccc1C. The Bertz CT molecular complexity index is 1380. The Morgan fingerprint density at radius 3 is 2.62 bits per heavy atom. The van der Waals surface area contributed by atoms with E-state index in [4.69, 9.17) is 9.97 Å². The number of aromatic nitrogens is 2. The number of carbonyl (C=O) groups excluding carboxylic acids is 3. The van der Waals surface area contributed by atoms with E-state index in [2.05, 4.69) is 33.7 Å². The zero-order valence-electron chi connectivity index (χ0n) is 23.4. The molecule has 5 rings (SSSR count). The molecule has 1 saturated carbocycles. The van der Waals surface area contributed by atoms with Gasteiger partial charge in [-0.25, -0.2) is 4.98 Å². The molecule has 3 aromatic rings. The lowest BCUT2D eigenvalue weighted by atomic mass is 9.99. The van der Waals surface area contributed by atoms with E-state index in [-0.39, 0.29) is 6.54 Å². The summed E-state index contributed by atoms with van der Waals surface area (Å²) in [4.78, 5) is 49.4. The van der Waals surface area contributed by atoms with Crippen molar-refractivity contribution < 1.29 is 14.4 Å². The number of nitrogens with one attached hydrogen (secondary N) is 2. The number of anilines is 1. The van der Waals surface area contributed by atoms with Gasteiger partial charge >= 0.3 is 0 Å². The Kier molecular flexibility index (Phi) is 8.69. The first kappa shape index (κ1) is 27.7. The molecule has 40 heavy (non-hydrogen) atoms. The lowest BCUT2D eigenvalue weighted by molar-refractivity contribution is -0.135. The Morgan fingerprint density at radius 2 is 1.93 bits per heavy atom. The second-order valence-corrected chi connectivity index (χ2v) is 11.0. The highest BCUT2D eigenvalue weighted by Crippen LogP contribution is 2.33. The molecule has 0 spiro atoms. The van der Waals surface area contributed by atoms with Crippen molar-refractivity contribution >= 4 is 35.4 Å². The fourth-order valence-corrected chi connectivity index (χ4v) is 5.50. The molecule has 2 fully saturated rings. The summed E-state index contributed by atoms with van der Waals surface area (Å²) < 4.78 is 0. The van der Waals surface area contributed by atoms with Crippen LogP contribution in [-0.4, -0.2) is 63.7 Å². The van der Waals surface area contributed by atoms with Crippen molar-refractivity contribution in [3.63, 3.8) is 0 Å². The number of likely N-dealkylation sites (tertiary alicyclic amines) is 1. The van der Waals surface area contributed by atoms with Gasteiger partial charge in [-0.2, -0.15) is 0 Å². The van der Waals surface area contributed by atoms with E-state index in [1.54, 1.807) is 0 Å². The largest absolute Gasteiger partial charge is 0.380 e. The summed E-state index contributed by atoms with van der Waals surface area (Å²) in [6.45, 7) is 7.20. The third-order valence-electron chi connectivity index (χ3n) is 7.90. The number of imide groups is 1. The molecule has 0 bridgehead atoms. The van der Waals surface area contributed by atoms with Crippen LogP contribution in [0, 0.1) is 6.92 Å². The Hall–Kier alpha value is -3.85. The fraction of sp³-hybridized carbons (Fsp3) is 0.452. The molecule has 1 atom stereocenters. The molecule has 9 nitrogen and oxygen atoms in total. The number of nitrogens with zero attached hydrogens (tertiary/aromatic N) is 4. The maximum absolute atomic E-state index is 12.5. The second kappa shape index (κ2) is 12.6. The van der Waals surface area contributed by atoms with Crippen molar-refractivity contribution in [1.29, 1.82) is 0 Å². The van der Waals surface area contributed by atoms with Crippen LogP contribution in [0.5, 0.6) is 0 Å². The van der Waals surface area contributed by atoms with Gasteiger partial charge in [0.25, 0.3) is 0 Å². The molecule has 1 aromatic carbocycles. The number of hydrogen-bond donors (Lipinski definition) is 2. The lowest BCUT2D eigenvalue weighted by Gasteiger charge is -2.27. The molecule has 1 aliphatic heterocycles. The van der Waals surface area contributed by atoms with Crippen LogP contribution in [0.3, 0.4) is 0 Å². The van der Waals surface area contributed by atoms with E-state index in [1.807, 2.05) is 32.2 Å². The molecule has 1 aliphatic carbocycles. The highest BCUT2D eigenvalue weighted by Gasteiger charge is 2.26. The zero-order valence-corrected chi connectivity index (χ0v) is 23.4. The average molecular weight is 543 g/mol. The summed E-state index contributed by atoms with van der Waals surface area (Å²) in [5.74, 6) is -0.469. The van der Waals surface area contributed by atoms with E-state index >= 15 is 0 Å². The van der Waals surface area contributed by atoms with Gasteiger partial charge in [-0.1, -0.05) is 25.5 Å². The smallest absolute Gasteiger partial charge is 0.249 e. The minimum absolute atomic E-state index is 0.254. The Balaban J connectivity index is 1.52. The summed E-state index contributed by atoms with van der Waals surface area (Å²) >= 11 is 0. The molecular formula is C31H38N6O3. The van der Waals surface area contributed by atoms with Gasteiger partial charge in [0, 0.05) is 30.9 Å². The Morgan fingerprint density at radius 1 is 1.12 bits per heavy atom. The summed E-state index contributed by atoms with van der Waals surface area (Å²) in [7, 11) is 0. The van der Waals surface area contributed by atoms with E-state index in [9.17, 15) is 14.4 Å². The number of fused-ring (bicyclic) bond motifs is 1. The van der Waals surface area contributed by atoms with Crippen LogP contribution in [-0.2, 0) is 27.5 Å². The van der Waals surface area contributed by atoms with Gasteiger partial charge in [-0.05, 0) is 87.0 Å². The molecule has 2 N–H and O–H groups in total. The molecule has 2 aliphatic rings. The van der Waals surface area contributed by atoms with Crippen LogP contribution in [0.15, 0.2) is 36.5 Å². The lowest BCUT2D eigenvalue weighted by Crippen LogP contribution is -2.45. The predicted molar refractivity (Wildman–Crippen MR) is 155 cm³/mol. The Labute approximate surface area is 235 Å². The van der Waals surface area contributed by atoms with Gasteiger partial charge < -0.3 is 10.2 Å². The highest BCUT2D eigenvalue weighted by atomic mass is 16.2. The number of rotatable bonds is 13. The number of benzene rings is 1. The van der Waals surface area contributed by atoms with Crippen molar-refractivity contribution in [2.24, 2.45) is 0 Å². The first-order valence-electron chi connectivity index (χ1n) is 14.3. The molecule has 3 amide bonds. The zero-order chi connectivity index (χ0) is 28.1. The number of aryl methyl sites for hydroxylation is 1. The second-order valence-electron chi connectivity index (χ2n) is 11.0. The third kappa shape index (κ3) is 6.31. The minimum Gasteiger partial charge on any atom is -0.380 e. The first-order chi connectivity index (χ1) is 19.5. The van der Waals surface area contributed by atoms with Crippen molar-refractivity contribution in [1.82, 2.24) is 25.1 Å². The fourth-order valence-electron chi connectivity index (χ4n) is 5.50. The van der Waals surface area contributed by atoms with E-state index in [0.29, 0.717) is 31.7 Å². The monoisotopic (exact) mass is 542 g/mol. The molecule has 210 valence electrons. The molecule has 1 unspecified atom stereocenters. The van der Waals surface area contributed by atoms with Crippen molar-refractivity contribution in [2.45, 2.75) is 77.5 Å². The van der Waals surface area contributed by atoms with Crippen LogP contribution < -0.4 is 10.6 Å². The van der Waals surface area contributed by atoms with E-state index in [0.717, 1.165) is 64.3 Å². The van der Waals surface area contributed by atoms with Gasteiger partial charge in [0.05, 0.1) is 16.9 Å². The molecule has 1 saturated heterocycles. The standard InChI is InChI=1S/C31H38N6O3/c1-3-6-28(31(40)33-19-38)37(20-39)18-23-15-22(8-7-21(23)2)27-16-24(17-36-13-4-5-14-36)29-30(35-27)26(11-12-32-29)34-25-9-10-25/h7-8,11-12,15-16,19-20,25,28H,3-6,9-10,13-14,17-18H2,1-2H3,(H,32,34)(H,33,38,40). The molecule has 9 heteroatoms. The van der Waals surface area contributed by atoms with Gasteiger partial charge in [-0.15, -0.1) is 0 Å². The van der Waals surface area contributed by atoms with Crippen LogP contribution >= 0.6 is 0 Å². The van der Waals surface area contributed by atoms with Crippen LogP contribution in [0.25, 0.3) is 22.3 Å². The van der Waals surface area contributed by atoms with Crippen LogP contribution in [0.1, 0.15) is 62.1 Å². The number of amides is 3. The normalized spacial score (nSPS) is 16.1. The van der Waals surface area contributed by atoms with Crippen LogP contribution in [0.2, 0.25) is 0 Å². The average Bonchev–Trinajstić information content (AvgIpc) is 3.63. The topological polar surface area (TPSA) is 108 Å². The maximum Gasteiger partial charge on any atom is 0.249 e. The van der Waals surface area contributed by atoms with E-state index < -0.39 is 11.9 Å². The summed E-state index contributed by atoms with van der Waals surface area (Å²) in [5, 5.41) is 5.85. The van der Waals surface area contributed by atoms with Crippen molar-refractivity contribution in [2.75, 3.05) is 18.4 Å². The van der Waals surface area contributed by atoms with Gasteiger partial charge in [0.2, 0.25) is 18.7 Å². The third-order valence-corrected chi connectivity index (χ3v) is 7.90. The van der Waals surface area contributed by atoms with Crippen molar-refractivity contribution in [3.8, 4) is 11.3 Å². The predicted octanol–water partition coefficient (Wildman–Crippen LogP) is 4.18. The molecule has 3 heterocycles.